The molecule has 3 nitrogen and oxygen atoms in total. The standard InChI is InChI=1S/C28H31O3S/c1-5-12-28(13-7-6-8-14-28)31-26(29)19-30-27-21(3)17-24(18-22(27)4)32-15-11-23-10-9-20(2)16-25(23)32/h9-11,15-18H,6-8,13-14,19H2,1-4H3/q+1. The van der Waals surface area contributed by atoms with E-state index < -0.39 is 5.60 Å². The fraction of sp³-hybridized carbons (Fsp3) is 0.393. The fourth-order valence-corrected chi connectivity index (χ4v) is 6.79. The highest BCUT2D eigenvalue weighted by molar-refractivity contribution is 7.43. The first-order valence-electron chi connectivity index (χ1n) is 11.3. The lowest BCUT2D eigenvalue weighted by molar-refractivity contribution is -0.159. The Hall–Kier alpha value is -2.77. The zero-order valence-corrected chi connectivity index (χ0v) is 20.2. The van der Waals surface area contributed by atoms with E-state index in [-0.39, 0.29) is 23.0 Å². The van der Waals surface area contributed by atoms with Crippen LogP contribution in [0.25, 0.3) is 15.0 Å². The van der Waals surface area contributed by atoms with Crippen molar-refractivity contribution < 1.29 is 14.3 Å². The van der Waals surface area contributed by atoms with Gasteiger partial charge in [-0.2, -0.15) is 0 Å². The van der Waals surface area contributed by atoms with E-state index in [1.54, 1.807) is 6.92 Å². The molecule has 0 aliphatic heterocycles. The van der Waals surface area contributed by atoms with Gasteiger partial charge in [-0.15, -0.1) is 5.92 Å². The lowest BCUT2D eigenvalue weighted by Crippen LogP contribution is -2.37. The van der Waals surface area contributed by atoms with Crippen LogP contribution in [0.4, 0.5) is 0 Å². The van der Waals surface area contributed by atoms with Crippen molar-refractivity contribution in [3.05, 3.63) is 58.5 Å². The van der Waals surface area contributed by atoms with Crippen molar-refractivity contribution in [1.82, 2.24) is 0 Å². The van der Waals surface area contributed by atoms with Crippen molar-refractivity contribution in [3.63, 3.8) is 0 Å². The average molecular weight is 448 g/mol. The SMILES string of the molecule is CC#CC1(OC(=O)COc2c(C)cc(-[s+]3ccc4ccc(C)cc43)cc2C)CCCCC1. The molecule has 3 aromatic rings. The molecule has 0 N–H and O–H groups in total. The van der Waals surface area contributed by atoms with Gasteiger partial charge in [0.25, 0.3) is 0 Å². The molecule has 1 aliphatic carbocycles. The number of thiophene rings is 1. The minimum absolute atomic E-state index is 0.0734. The molecular weight excluding hydrogens is 416 g/mol. The molecule has 4 rings (SSSR count). The molecule has 0 amide bonds. The highest BCUT2D eigenvalue weighted by Gasteiger charge is 2.34. The molecule has 4 heteroatoms. The van der Waals surface area contributed by atoms with Gasteiger partial charge in [-0.05, 0) is 76.1 Å². The zero-order valence-electron chi connectivity index (χ0n) is 19.4. The highest BCUT2D eigenvalue weighted by Crippen LogP contribution is 2.42. The van der Waals surface area contributed by atoms with Gasteiger partial charge < -0.3 is 9.47 Å². The van der Waals surface area contributed by atoms with Gasteiger partial charge >= 0.3 is 5.97 Å². The molecule has 1 fully saturated rings. The van der Waals surface area contributed by atoms with Gasteiger partial charge in [-0.3, -0.25) is 0 Å². The highest BCUT2D eigenvalue weighted by atomic mass is 32.2. The summed E-state index contributed by atoms with van der Waals surface area (Å²) in [7, 11) is -0.0734. The summed E-state index contributed by atoms with van der Waals surface area (Å²) in [5.74, 6) is 6.51. The van der Waals surface area contributed by atoms with Gasteiger partial charge in [0.05, 0.1) is 0 Å². The monoisotopic (exact) mass is 447 g/mol. The molecule has 0 radical (unpaired) electrons. The number of carbonyl (C=O) groups is 1. The van der Waals surface area contributed by atoms with Crippen molar-refractivity contribution in [2.75, 3.05) is 6.61 Å². The van der Waals surface area contributed by atoms with Gasteiger partial charge in [0.1, 0.15) is 11.1 Å². The number of esters is 1. The van der Waals surface area contributed by atoms with E-state index in [1.807, 2.05) is 13.8 Å². The van der Waals surface area contributed by atoms with E-state index in [4.69, 9.17) is 9.47 Å². The van der Waals surface area contributed by atoms with E-state index in [1.165, 1.54) is 27.0 Å². The number of hydrogen-bond acceptors (Lipinski definition) is 3. The topological polar surface area (TPSA) is 35.5 Å². The van der Waals surface area contributed by atoms with E-state index >= 15 is 0 Å². The predicted molar refractivity (Wildman–Crippen MR) is 133 cm³/mol. The first kappa shape index (κ1) is 22.4. The van der Waals surface area contributed by atoms with Crippen LogP contribution < -0.4 is 4.74 Å². The molecule has 1 unspecified atom stereocenters. The van der Waals surface area contributed by atoms with Crippen LogP contribution in [-0.4, -0.2) is 18.2 Å². The lowest BCUT2D eigenvalue weighted by atomic mass is 9.85. The predicted octanol–water partition coefficient (Wildman–Crippen LogP) is 7.15. The third-order valence-corrected chi connectivity index (χ3v) is 8.11. The number of carbonyl (C=O) groups excluding carboxylic acids is 1. The Morgan fingerprint density at radius 1 is 1.03 bits per heavy atom. The smallest absolute Gasteiger partial charge is 0.345 e. The molecule has 0 saturated heterocycles. The molecule has 0 spiro atoms. The second-order valence-electron chi connectivity index (χ2n) is 8.76. The van der Waals surface area contributed by atoms with Crippen LogP contribution in [0.15, 0.2) is 41.8 Å². The van der Waals surface area contributed by atoms with Gasteiger partial charge in [-0.1, -0.05) is 18.4 Å². The molecular formula is C28H31O3S+. The molecule has 2 aromatic carbocycles. The summed E-state index contributed by atoms with van der Waals surface area (Å²) in [5.41, 5.74) is 2.72. The Kier molecular flexibility index (Phi) is 6.58. The Morgan fingerprint density at radius 2 is 1.75 bits per heavy atom. The second-order valence-corrected chi connectivity index (χ2v) is 10.6. The van der Waals surface area contributed by atoms with Crippen molar-refractivity contribution in [2.24, 2.45) is 0 Å². The summed E-state index contributed by atoms with van der Waals surface area (Å²) < 4.78 is 13.2. The van der Waals surface area contributed by atoms with Crippen molar-refractivity contribution in [2.45, 2.75) is 65.4 Å². The summed E-state index contributed by atoms with van der Waals surface area (Å²) in [6, 6.07) is 13.2. The number of benzene rings is 2. The molecule has 1 aromatic heterocycles. The lowest BCUT2D eigenvalue weighted by Gasteiger charge is -2.32. The van der Waals surface area contributed by atoms with Crippen LogP contribution >= 0.6 is 10.5 Å². The molecule has 0 bridgehead atoms. The maximum Gasteiger partial charge on any atom is 0.345 e. The number of ether oxygens (including phenoxy) is 2. The van der Waals surface area contributed by atoms with Crippen LogP contribution in [-0.2, 0) is 9.53 Å². The van der Waals surface area contributed by atoms with Gasteiger partial charge in [-0.25, -0.2) is 4.79 Å². The molecule has 1 saturated carbocycles. The van der Waals surface area contributed by atoms with E-state index in [9.17, 15) is 4.79 Å². The minimum Gasteiger partial charge on any atom is -0.481 e. The summed E-state index contributed by atoms with van der Waals surface area (Å²) in [4.78, 5) is 13.9. The Morgan fingerprint density at radius 3 is 2.44 bits per heavy atom. The summed E-state index contributed by atoms with van der Waals surface area (Å²) in [5, 5.41) is 3.58. The maximum absolute atomic E-state index is 12.6. The van der Waals surface area contributed by atoms with E-state index in [0.29, 0.717) is 0 Å². The second kappa shape index (κ2) is 9.38. The Balaban J connectivity index is 1.50. The Labute approximate surface area is 193 Å². The van der Waals surface area contributed by atoms with Crippen LogP contribution in [0.5, 0.6) is 5.75 Å². The van der Waals surface area contributed by atoms with E-state index in [0.717, 1.165) is 42.6 Å². The van der Waals surface area contributed by atoms with Gasteiger partial charge in [0.15, 0.2) is 21.8 Å². The third kappa shape index (κ3) is 4.69. The first-order valence-corrected chi connectivity index (χ1v) is 12.6. The fourth-order valence-electron chi connectivity index (χ4n) is 4.64. The van der Waals surface area contributed by atoms with Crippen molar-refractivity contribution in [1.29, 1.82) is 0 Å². The quantitative estimate of drug-likeness (QED) is 0.237. The summed E-state index contributed by atoms with van der Waals surface area (Å²) >= 11 is 0. The molecule has 1 aliphatic rings. The number of fused-ring (bicyclic) bond motifs is 1. The average Bonchev–Trinajstić information content (AvgIpc) is 3.17. The van der Waals surface area contributed by atoms with Crippen molar-refractivity contribution in [3.8, 4) is 22.5 Å². The number of aryl methyl sites for hydroxylation is 3. The summed E-state index contributed by atoms with van der Waals surface area (Å²) in [6.45, 7) is 7.93. The van der Waals surface area contributed by atoms with Gasteiger partial charge in [0.2, 0.25) is 0 Å². The minimum atomic E-state index is -0.636. The zero-order chi connectivity index (χ0) is 22.7. The largest absolute Gasteiger partial charge is 0.481 e. The molecule has 166 valence electrons. The maximum atomic E-state index is 12.6. The van der Waals surface area contributed by atoms with Crippen LogP contribution in [0.3, 0.4) is 0 Å². The van der Waals surface area contributed by atoms with Crippen LogP contribution in [0.2, 0.25) is 0 Å². The normalized spacial score (nSPS) is 15.7. The molecule has 1 heterocycles. The molecule has 32 heavy (non-hydrogen) atoms. The third-order valence-electron chi connectivity index (χ3n) is 6.14. The first-order chi connectivity index (χ1) is 15.4. The summed E-state index contributed by atoms with van der Waals surface area (Å²) in [6.07, 6.45) is 4.88. The number of rotatable bonds is 5. The Bertz CT molecular complexity index is 1180. The van der Waals surface area contributed by atoms with Gasteiger partial charge in [0, 0.05) is 40.1 Å². The van der Waals surface area contributed by atoms with Crippen molar-refractivity contribution >= 4 is 26.5 Å². The van der Waals surface area contributed by atoms with E-state index in [2.05, 4.69) is 60.5 Å². The number of hydrogen-bond donors (Lipinski definition) is 0. The molecule has 1 atom stereocenters. The van der Waals surface area contributed by atoms with Crippen LogP contribution in [0.1, 0.15) is 55.7 Å². The van der Waals surface area contributed by atoms with Crippen LogP contribution in [0, 0.1) is 32.6 Å².